The third kappa shape index (κ3) is 9.13. The molecule has 2 rings (SSSR count). The van der Waals surface area contributed by atoms with Crippen molar-refractivity contribution in [1.29, 1.82) is 0 Å². The minimum absolute atomic E-state index is 0.0773. The van der Waals surface area contributed by atoms with E-state index >= 15 is 0 Å². The molecule has 0 saturated carbocycles. The van der Waals surface area contributed by atoms with Crippen molar-refractivity contribution in [1.82, 2.24) is 0 Å². The van der Waals surface area contributed by atoms with Gasteiger partial charge >= 0.3 is 18.1 Å². The number of esters is 2. The molecule has 2 aromatic rings. The zero-order chi connectivity index (χ0) is 28.3. The highest BCUT2D eigenvalue weighted by Crippen LogP contribution is 2.37. The summed E-state index contributed by atoms with van der Waals surface area (Å²) in [4.78, 5) is 34.6. The van der Waals surface area contributed by atoms with Crippen LogP contribution in [0.2, 0.25) is 5.02 Å². The Labute approximate surface area is 219 Å². The summed E-state index contributed by atoms with van der Waals surface area (Å²) in [6.45, 7) is 1.26. The number of rotatable bonds is 11. The zero-order valence-electron chi connectivity index (χ0n) is 20.0. The number of carbonyl (C=O) groups excluding carboxylic acids is 2. The van der Waals surface area contributed by atoms with Gasteiger partial charge in [-0.3, -0.25) is 14.9 Å². The van der Waals surface area contributed by atoms with Crippen LogP contribution >= 0.6 is 11.6 Å². The van der Waals surface area contributed by atoms with E-state index in [0.717, 1.165) is 30.3 Å². The maximum Gasteiger partial charge on any atom is 0.416 e. The van der Waals surface area contributed by atoms with E-state index in [-0.39, 0.29) is 42.9 Å². The molecule has 0 spiro atoms. The van der Waals surface area contributed by atoms with E-state index in [1.54, 1.807) is 0 Å². The maximum atomic E-state index is 12.8. The van der Waals surface area contributed by atoms with Crippen LogP contribution in [0.4, 0.5) is 18.9 Å². The first kappa shape index (κ1) is 30.2. The molecule has 0 aliphatic rings. The summed E-state index contributed by atoms with van der Waals surface area (Å²) < 4.78 is 63.5. The van der Waals surface area contributed by atoms with E-state index in [4.69, 9.17) is 35.3 Å². The average molecular weight is 560 g/mol. The summed E-state index contributed by atoms with van der Waals surface area (Å²) >= 11 is 5.86. The van der Waals surface area contributed by atoms with Gasteiger partial charge < -0.3 is 23.7 Å². The normalized spacial score (nSPS) is 11.5. The van der Waals surface area contributed by atoms with Crippen LogP contribution in [-0.4, -0.2) is 50.4 Å². The number of benzene rings is 2. The fourth-order valence-electron chi connectivity index (χ4n) is 2.63. The molecule has 0 amide bonds. The first-order valence-corrected chi connectivity index (χ1v) is 11.1. The number of ether oxygens (including phenoxy) is 5. The molecule has 38 heavy (non-hydrogen) atoms. The number of nitro groups is 1. The predicted molar refractivity (Wildman–Crippen MR) is 126 cm³/mol. The SMILES string of the molecule is COCCOC(=O)C(C)C#COCCOC(=O)c1cc(Oc2ccc(C(F)(F)F)cc2Cl)ccc1[N+](=O)[O-]. The van der Waals surface area contributed by atoms with Gasteiger partial charge in [0.25, 0.3) is 5.69 Å². The van der Waals surface area contributed by atoms with Gasteiger partial charge in [0, 0.05) is 19.2 Å². The van der Waals surface area contributed by atoms with Gasteiger partial charge in [-0.1, -0.05) is 11.6 Å². The number of hydrogen-bond acceptors (Lipinski definition) is 9. The van der Waals surface area contributed by atoms with Crippen molar-refractivity contribution in [3.05, 3.63) is 62.7 Å². The molecule has 0 radical (unpaired) electrons. The van der Waals surface area contributed by atoms with Gasteiger partial charge in [-0.2, -0.15) is 13.2 Å². The second-order valence-corrected chi connectivity index (χ2v) is 7.70. The lowest BCUT2D eigenvalue weighted by atomic mass is 10.1. The Hall–Kier alpha value is -4.02. The van der Waals surface area contributed by atoms with Crippen molar-refractivity contribution in [3.8, 4) is 23.5 Å². The van der Waals surface area contributed by atoms with Crippen LogP contribution in [0.1, 0.15) is 22.8 Å². The van der Waals surface area contributed by atoms with Crippen LogP contribution in [0.5, 0.6) is 11.5 Å². The average Bonchev–Trinajstić information content (AvgIpc) is 2.86. The molecule has 0 N–H and O–H groups in total. The molecule has 0 aliphatic heterocycles. The number of carbonyl (C=O) groups is 2. The number of alkyl halides is 3. The molecule has 0 aliphatic carbocycles. The molecular formula is C24H21ClF3NO9. The molecule has 10 nitrogen and oxygen atoms in total. The third-order valence-corrected chi connectivity index (χ3v) is 4.82. The Kier molecular flexibility index (Phi) is 11.2. The Morgan fingerprint density at radius 3 is 2.42 bits per heavy atom. The lowest BCUT2D eigenvalue weighted by Gasteiger charge is -2.12. The Morgan fingerprint density at radius 1 is 1.08 bits per heavy atom. The van der Waals surface area contributed by atoms with Crippen molar-refractivity contribution in [2.75, 3.05) is 33.5 Å². The fraction of sp³-hybridized carbons (Fsp3) is 0.333. The highest BCUT2D eigenvalue weighted by atomic mass is 35.5. The maximum absolute atomic E-state index is 12.8. The Morgan fingerprint density at radius 2 is 1.79 bits per heavy atom. The minimum atomic E-state index is -4.62. The van der Waals surface area contributed by atoms with E-state index in [0.29, 0.717) is 6.07 Å². The summed E-state index contributed by atoms with van der Waals surface area (Å²) in [6, 6.07) is 5.48. The molecule has 0 fully saturated rings. The fourth-order valence-corrected chi connectivity index (χ4v) is 2.85. The van der Waals surface area contributed by atoms with Gasteiger partial charge in [0.2, 0.25) is 0 Å². The number of methoxy groups -OCH3 is 1. The first-order chi connectivity index (χ1) is 17.9. The van der Waals surface area contributed by atoms with E-state index in [9.17, 15) is 32.9 Å². The van der Waals surface area contributed by atoms with Gasteiger partial charge in [0.05, 0.1) is 22.1 Å². The monoisotopic (exact) mass is 559 g/mol. The first-order valence-electron chi connectivity index (χ1n) is 10.7. The Balaban J connectivity index is 2.00. The number of nitro benzene ring substituents is 1. The largest absolute Gasteiger partial charge is 0.462 e. The van der Waals surface area contributed by atoms with Crippen molar-refractivity contribution >= 4 is 29.2 Å². The Bertz CT molecular complexity index is 1220. The van der Waals surface area contributed by atoms with Gasteiger partial charge in [-0.05, 0) is 37.1 Å². The second kappa shape index (κ2) is 14.1. The third-order valence-electron chi connectivity index (χ3n) is 4.52. The topological polar surface area (TPSA) is 123 Å². The van der Waals surface area contributed by atoms with Crippen molar-refractivity contribution < 1.29 is 51.4 Å². The summed E-state index contributed by atoms with van der Waals surface area (Å²) in [5, 5.41) is 11.0. The zero-order valence-corrected chi connectivity index (χ0v) is 20.8. The van der Waals surface area contributed by atoms with Gasteiger partial charge in [0.1, 0.15) is 48.9 Å². The van der Waals surface area contributed by atoms with E-state index in [1.165, 1.54) is 14.0 Å². The molecular weight excluding hydrogens is 539 g/mol. The summed E-state index contributed by atoms with van der Waals surface area (Å²) in [6.07, 6.45) is -2.35. The molecule has 204 valence electrons. The molecule has 0 heterocycles. The molecule has 1 atom stereocenters. The molecule has 1 unspecified atom stereocenters. The highest BCUT2D eigenvalue weighted by molar-refractivity contribution is 6.32. The molecule has 0 saturated heterocycles. The number of nitrogens with zero attached hydrogens (tertiary/aromatic N) is 1. The molecule has 14 heteroatoms. The summed E-state index contributed by atoms with van der Waals surface area (Å²) in [7, 11) is 1.46. The molecule has 2 aromatic carbocycles. The van der Waals surface area contributed by atoms with Crippen LogP contribution in [0.3, 0.4) is 0 Å². The smallest absolute Gasteiger partial charge is 0.416 e. The number of hydrogen-bond donors (Lipinski definition) is 0. The minimum Gasteiger partial charge on any atom is -0.462 e. The summed E-state index contributed by atoms with van der Waals surface area (Å²) in [5.41, 5.74) is -2.07. The van der Waals surface area contributed by atoms with Crippen molar-refractivity contribution in [2.24, 2.45) is 5.92 Å². The number of halogens is 4. The lowest BCUT2D eigenvalue weighted by Crippen LogP contribution is -2.16. The van der Waals surface area contributed by atoms with E-state index in [1.807, 2.05) is 0 Å². The van der Waals surface area contributed by atoms with Gasteiger partial charge in [-0.25, -0.2) is 4.79 Å². The van der Waals surface area contributed by atoms with Crippen molar-refractivity contribution in [2.45, 2.75) is 13.1 Å². The van der Waals surface area contributed by atoms with Crippen LogP contribution < -0.4 is 4.74 Å². The molecule has 0 bridgehead atoms. The van der Waals surface area contributed by atoms with E-state index in [2.05, 4.69) is 12.0 Å². The van der Waals surface area contributed by atoms with E-state index < -0.39 is 45.8 Å². The lowest BCUT2D eigenvalue weighted by molar-refractivity contribution is -0.385. The van der Waals surface area contributed by atoms with Crippen LogP contribution in [0, 0.1) is 28.1 Å². The highest BCUT2D eigenvalue weighted by Gasteiger charge is 2.31. The van der Waals surface area contributed by atoms with Gasteiger partial charge in [0.15, 0.2) is 0 Å². The second-order valence-electron chi connectivity index (χ2n) is 7.29. The predicted octanol–water partition coefficient (Wildman–Crippen LogP) is 5.02. The van der Waals surface area contributed by atoms with Crippen LogP contribution in [0.15, 0.2) is 36.4 Å². The summed E-state index contributed by atoms with van der Waals surface area (Å²) in [5.74, 6) is -0.233. The molecule has 0 aromatic heterocycles. The van der Waals surface area contributed by atoms with Crippen LogP contribution in [-0.2, 0) is 29.9 Å². The van der Waals surface area contributed by atoms with Gasteiger partial charge in [-0.15, -0.1) is 0 Å². The van der Waals surface area contributed by atoms with Crippen molar-refractivity contribution in [3.63, 3.8) is 0 Å². The van der Waals surface area contributed by atoms with Crippen LogP contribution in [0.25, 0.3) is 0 Å². The quantitative estimate of drug-likeness (QED) is 0.123. The standard InChI is InChI=1S/C24H21ClF3NO9/c1-15(22(30)36-11-9-34-2)7-8-35-10-12-37-23(31)18-14-17(4-5-20(18)29(32)33)38-21-6-3-16(13-19(21)25)24(26,27)28/h3-6,13-15H,9-12H2,1-2H3.